The van der Waals surface area contributed by atoms with Crippen LogP contribution in [0.1, 0.15) is 43.8 Å². The third-order valence-corrected chi connectivity index (χ3v) is 2.89. The Hall–Kier alpha value is -1.91. The van der Waals surface area contributed by atoms with Crippen LogP contribution in [-0.2, 0) is 17.6 Å². The van der Waals surface area contributed by atoms with Gasteiger partial charge in [0.25, 0.3) is 0 Å². The molecule has 0 spiro atoms. The average molecular weight is 247 g/mol. The third-order valence-electron chi connectivity index (χ3n) is 2.89. The highest BCUT2D eigenvalue weighted by molar-refractivity contribution is 5.86. The molecule has 0 atom stereocenters. The summed E-state index contributed by atoms with van der Waals surface area (Å²) in [5.41, 5.74) is 2.42. The minimum atomic E-state index is -0.842. The molecule has 5 heteroatoms. The van der Waals surface area contributed by atoms with Gasteiger partial charge < -0.3 is 10.1 Å². The second-order valence-corrected chi connectivity index (χ2v) is 4.64. The van der Waals surface area contributed by atoms with Gasteiger partial charge >= 0.3 is 5.97 Å². The zero-order chi connectivity index (χ0) is 13.3. The molecule has 96 valence electrons. The number of hydrogen-bond donors (Lipinski definition) is 2. The van der Waals surface area contributed by atoms with E-state index in [0.29, 0.717) is 0 Å². The van der Waals surface area contributed by atoms with Gasteiger partial charge in [0, 0.05) is 18.0 Å². The molecule has 2 aromatic heterocycles. The first-order valence-electron chi connectivity index (χ1n) is 6.11. The van der Waals surface area contributed by atoms with E-state index < -0.39 is 5.97 Å². The normalized spacial score (nSPS) is 11.3. The van der Waals surface area contributed by atoms with Gasteiger partial charge in [-0.15, -0.1) is 0 Å². The molecule has 0 saturated carbocycles. The number of aromatic nitrogens is 3. The van der Waals surface area contributed by atoms with E-state index in [4.69, 9.17) is 5.11 Å². The molecular weight excluding hydrogens is 230 g/mol. The lowest BCUT2D eigenvalue weighted by Gasteiger charge is -2.09. The number of fused-ring (bicyclic) bond motifs is 1. The van der Waals surface area contributed by atoms with Gasteiger partial charge in [-0.25, -0.2) is 9.97 Å². The Morgan fingerprint density at radius 2 is 2.17 bits per heavy atom. The van der Waals surface area contributed by atoms with Crippen LogP contribution in [-0.4, -0.2) is 26.0 Å². The Kier molecular flexibility index (Phi) is 3.32. The molecule has 2 rings (SSSR count). The number of aryl methyl sites for hydroxylation is 1. The highest BCUT2D eigenvalue weighted by Gasteiger charge is 2.16. The van der Waals surface area contributed by atoms with Crippen molar-refractivity contribution in [2.45, 2.75) is 39.5 Å². The number of H-pyrrole nitrogens is 1. The summed E-state index contributed by atoms with van der Waals surface area (Å²) in [5.74, 6) is 0.184. The molecule has 0 saturated heterocycles. The first-order chi connectivity index (χ1) is 8.52. The van der Waals surface area contributed by atoms with E-state index in [2.05, 4.69) is 28.8 Å². The lowest BCUT2D eigenvalue weighted by Crippen LogP contribution is -2.04. The Morgan fingerprint density at radius 1 is 1.44 bits per heavy atom. The second kappa shape index (κ2) is 4.76. The second-order valence-electron chi connectivity index (χ2n) is 4.64. The summed E-state index contributed by atoms with van der Waals surface area (Å²) >= 11 is 0. The Morgan fingerprint density at radius 3 is 2.72 bits per heavy atom. The molecule has 2 heterocycles. The van der Waals surface area contributed by atoms with Gasteiger partial charge in [-0.2, -0.15) is 0 Å². The SMILES string of the molecule is CCc1nc(C(C)C)c2c(CC(=O)O)c[nH]c2n1. The fraction of sp³-hybridized carbons (Fsp3) is 0.462. The fourth-order valence-corrected chi connectivity index (χ4v) is 2.05. The predicted octanol–water partition coefficient (Wildman–Crippen LogP) is 2.27. The number of carbonyl (C=O) groups is 1. The van der Waals surface area contributed by atoms with Crippen LogP contribution in [0.25, 0.3) is 11.0 Å². The monoisotopic (exact) mass is 247 g/mol. The highest BCUT2D eigenvalue weighted by Crippen LogP contribution is 2.26. The number of nitrogens with one attached hydrogen (secondary N) is 1. The van der Waals surface area contributed by atoms with Crippen molar-refractivity contribution in [3.8, 4) is 0 Å². The maximum Gasteiger partial charge on any atom is 0.307 e. The van der Waals surface area contributed by atoms with E-state index >= 15 is 0 Å². The molecule has 2 aromatic rings. The summed E-state index contributed by atoms with van der Waals surface area (Å²) in [4.78, 5) is 22.8. The average Bonchev–Trinajstić information content (AvgIpc) is 2.70. The standard InChI is InChI=1S/C13H17N3O2/c1-4-9-15-12(7(2)3)11-8(5-10(17)18)6-14-13(11)16-9/h6-7H,4-5H2,1-3H3,(H,17,18)(H,14,15,16). The summed E-state index contributed by atoms with van der Waals surface area (Å²) in [6.07, 6.45) is 2.48. The smallest absolute Gasteiger partial charge is 0.307 e. The van der Waals surface area contributed by atoms with Gasteiger partial charge in [0.15, 0.2) is 0 Å². The third kappa shape index (κ3) is 2.20. The number of aliphatic carboxylic acids is 1. The molecular formula is C13H17N3O2. The molecule has 18 heavy (non-hydrogen) atoms. The van der Waals surface area contributed by atoms with Crippen molar-refractivity contribution in [1.82, 2.24) is 15.0 Å². The maximum absolute atomic E-state index is 10.9. The van der Waals surface area contributed by atoms with Crippen LogP contribution in [0, 0.1) is 0 Å². The van der Waals surface area contributed by atoms with Crippen molar-refractivity contribution in [2.75, 3.05) is 0 Å². The van der Waals surface area contributed by atoms with Crippen LogP contribution in [0.15, 0.2) is 6.20 Å². The van der Waals surface area contributed by atoms with Crippen molar-refractivity contribution < 1.29 is 9.90 Å². The van der Waals surface area contributed by atoms with E-state index in [9.17, 15) is 4.79 Å². The zero-order valence-electron chi connectivity index (χ0n) is 10.8. The molecule has 0 amide bonds. The van der Waals surface area contributed by atoms with Crippen molar-refractivity contribution in [3.63, 3.8) is 0 Å². The highest BCUT2D eigenvalue weighted by atomic mass is 16.4. The van der Waals surface area contributed by atoms with Gasteiger partial charge in [0.1, 0.15) is 11.5 Å². The summed E-state index contributed by atoms with van der Waals surface area (Å²) in [6, 6.07) is 0. The van der Waals surface area contributed by atoms with E-state index in [1.54, 1.807) is 6.20 Å². The first-order valence-corrected chi connectivity index (χ1v) is 6.11. The number of carboxylic acid groups (broad SMARTS) is 1. The van der Waals surface area contributed by atoms with Gasteiger partial charge in [-0.05, 0) is 11.5 Å². The Labute approximate surface area is 105 Å². The largest absolute Gasteiger partial charge is 0.481 e. The summed E-state index contributed by atoms with van der Waals surface area (Å²) in [7, 11) is 0. The minimum absolute atomic E-state index is 0.00541. The number of carboxylic acids is 1. The molecule has 0 aliphatic carbocycles. The van der Waals surface area contributed by atoms with E-state index in [1.165, 1.54) is 0 Å². The van der Waals surface area contributed by atoms with Crippen LogP contribution in [0.4, 0.5) is 0 Å². The van der Waals surface area contributed by atoms with Gasteiger partial charge in [-0.1, -0.05) is 20.8 Å². The topological polar surface area (TPSA) is 78.9 Å². The molecule has 0 aliphatic heterocycles. The molecule has 0 aromatic carbocycles. The molecule has 2 N–H and O–H groups in total. The van der Waals surface area contributed by atoms with E-state index in [1.807, 2.05) is 6.92 Å². The number of aromatic amines is 1. The number of nitrogens with zero attached hydrogens (tertiary/aromatic N) is 2. The lowest BCUT2D eigenvalue weighted by atomic mass is 10.0. The van der Waals surface area contributed by atoms with E-state index in [-0.39, 0.29) is 12.3 Å². The van der Waals surface area contributed by atoms with Crippen LogP contribution in [0.2, 0.25) is 0 Å². The summed E-state index contributed by atoms with van der Waals surface area (Å²) in [5, 5.41) is 9.79. The number of hydrogen-bond acceptors (Lipinski definition) is 3. The van der Waals surface area contributed by atoms with Crippen LogP contribution in [0.5, 0.6) is 0 Å². The molecule has 0 bridgehead atoms. The first kappa shape index (κ1) is 12.5. The van der Waals surface area contributed by atoms with Gasteiger partial charge in [0.2, 0.25) is 0 Å². The Balaban J connectivity index is 2.66. The van der Waals surface area contributed by atoms with Crippen molar-refractivity contribution in [2.24, 2.45) is 0 Å². The number of rotatable bonds is 4. The fourth-order valence-electron chi connectivity index (χ4n) is 2.05. The zero-order valence-corrected chi connectivity index (χ0v) is 10.8. The van der Waals surface area contributed by atoms with Gasteiger partial charge in [0.05, 0.1) is 12.1 Å². The van der Waals surface area contributed by atoms with Crippen molar-refractivity contribution >= 4 is 17.0 Å². The van der Waals surface area contributed by atoms with Crippen LogP contribution >= 0.6 is 0 Å². The maximum atomic E-state index is 10.9. The Bertz CT molecular complexity index is 587. The molecule has 0 fully saturated rings. The molecule has 0 unspecified atom stereocenters. The quantitative estimate of drug-likeness (QED) is 0.868. The predicted molar refractivity (Wildman–Crippen MR) is 68.7 cm³/mol. The molecule has 0 radical (unpaired) electrons. The van der Waals surface area contributed by atoms with Crippen LogP contribution < -0.4 is 0 Å². The van der Waals surface area contributed by atoms with Crippen molar-refractivity contribution in [3.05, 3.63) is 23.3 Å². The molecule has 5 nitrogen and oxygen atoms in total. The van der Waals surface area contributed by atoms with E-state index in [0.717, 1.165) is 34.5 Å². The summed E-state index contributed by atoms with van der Waals surface area (Å²) in [6.45, 7) is 6.11. The lowest BCUT2D eigenvalue weighted by molar-refractivity contribution is -0.136. The molecule has 0 aliphatic rings. The van der Waals surface area contributed by atoms with Gasteiger partial charge in [-0.3, -0.25) is 4.79 Å². The minimum Gasteiger partial charge on any atom is -0.481 e. The summed E-state index contributed by atoms with van der Waals surface area (Å²) < 4.78 is 0. The van der Waals surface area contributed by atoms with Crippen LogP contribution in [0.3, 0.4) is 0 Å². The van der Waals surface area contributed by atoms with Crippen molar-refractivity contribution in [1.29, 1.82) is 0 Å².